The molecule has 22 heteroatoms. The van der Waals surface area contributed by atoms with Crippen LogP contribution in [0, 0.1) is 23.7 Å². The Morgan fingerprint density at radius 3 is 1.75 bits per heavy atom. The number of rotatable bonds is 8. The molecule has 0 N–H and O–H groups in total. The topological polar surface area (TPSA) is 151 Å². The monoisotopic (exact) mass is 631 g/mol. The lowest BCUT2D eigenvalue weighted by Crippen LogP contribution is -2.58. The van der Waals surface area contributed by atoms with Crippen molar-refractivity contribution >= 4 is 37.9 Å². The predicted octanol–water partition coefficient (Wildman–Crippen LogP) is 2.45. The maximum atomic E-state index is 13.4. The normalized spacial score (nSPS) is 16.7. The molecule has 1 aromatic carbocycles. The van der Waals surface area contributed by atoms with Crippen LogP contribution in [0.1, 0.15) is 11.1 Å². The van der Waals surface area contributed by atoms with E-state index in [2.05, 4.69) is 8.37 Å². The van der Waals surface area contributed by atoms with Gasteiger partial charge in [-0.15, -0.1) is 6.42 Å². The van der Waals surface area contributed by atoms with E-state index in [4.69, 9.17) is 11.7 Å². The Labute approximate surface area is 217 Å². The van der Waals surface area contributed by atoms with Crippen LogP contribution in [-0.4, -0.2) is 70.0 Å². The van der Waals surface area contributed by atoms with Crippen molar-refractivity contribution in [1.82, 2.24) is 4.90 Å². The molecule has 1 fully saturated rings. The standard InChI is InChI=1S/C18H10F9N3O8S2/c1-2-5-29-14(32)30(11-4-3-10(7-28)12(6-11)16(19,20)21)13(31)15(29,8-37-39(33,34)17(22,23)24)9-38-40(35,36)18(25,26)27/h1,3-4,6H,5,8-9H2. The zero-order chi connectivity index (χ0) is 31.1. The van der Waals surface area contributed by atoms with E-state index in [9.17, 15) is 65.9 Å². The lowest BCUT2D eigenvalue weighted by atomic mass is 9.99. The number of halogens is 9. The fourth-order valence-electron chi connectivity index (χ4n) is 3.06. The second-order valence-corrected chi connectivity index (χ2v) is 10.6. The number of benzene rings is 1. The molecule has 1 aliphatic rings. The third kappa shape index (κ3) is 5.94. The number of hydrogen-bond donors (Lipinski definition) is 0. The van der Waals surface area contributed by atoms with Crippen molar-refractivity contribution in [2.24, 2.45) is 0 Å². The van der Waals surface area contributed by atoms with Gasteiger partial charge in [-0.1, -0.05) is 5.92 Å². The Morgan fingerprint density at radius 1 is 0.900 bits per heavy atom. The summed E-state index contributed by atoms with van der Waals surface area (Å²) in [5.74, 6) is -0.452. The summed E-state index contributed by atoms with van der Waals surface area (Å²) in [6.45, 7) is -5.78. The van der Waals surface area contributed by atoms with E-state index in [1.54, 1.807) is 5.92 Å². The van der Waals surface area contributed by atoms with Gasteiger partial charge < -0.3 is 0 Å². The second-order valence-electron chi connectivity index (χ2n) is 7.41. The van der Waals surface area contributed by atoms with Gasteiger partial charge in [-0.25, -0.2) is 9.69 Å². The number of alkyl halides is 9. The summed E-state index contributed by atoms with van der Waals surface area (Å²) in [6.07, 6.45) is -0.289. The van der Waals surface area contributed by atoms with E-state index >= 15 is 0 Å². The van der Waals surface area contributed by atoms with Crippen LogP contribution in [0.3, 0.4) is 0 Å². The molecule has 3 amide bonds. The van der Waals surface area contributed by atoms with Crippen molar-refractivity contribution in [3.63, 3.8) is 0 Å². The average Bonchev–Trinajstić information content (AvgIpc) is 3.00. The minimum Gasteiger partial charge on any atom is -0.293 e. The first-order valence-corrected chi connectivity index (χ1v) is 12.4. The Bertz CT molecular complexity index is 1460. The summed E-state index contributed by atoms with van der Waals surface area (Å²) in [7, 11) is -13.3. The van der Waals surface area contributed by atoms with Gasteiger partial charge in [-0.3, -0.25) is 18.1 Å². The highest BCUT2D eigenvalue weighted by Crippen LogP contribution is 2.39. The zero-order valence-corrected chi connectivity index (χ0v) is 20.4. The van der Waals surface area contributed by atoms with Crippen LogP contribution in [0.15, 0.2) is 18.2 Å². The molecule has 0 unspecified atom stereocenters. The number of anilines is 1. The molecule has 1 aromatic rings. The van der Waals surface area contributed by atoms with Gasteiger partial charge in [0.15, 0.2) is 5.54 Å². The molecule has 1 aliphatic heterocycles. The first-order chi connectivity index (χ1) is 18.0. The third-order valence-electron chi connectivity index (χ3n) is 4.95. The molecule has 0 spiro atoms. The van der Waals surface area contributed by atoms with E-state index in [0.717, 1.165) is 6.07 Å². The Morgan fingerprint density at radius 2 is 1.38 bits per heavy atom. The summed E-state index contributed by atoms with van der Waals surface area (Å²) >= 11 is 0. The van der Waals surface area contributed by atoms with Gasteiger partial charge in [0.1, 0.15) is 13.2 Å². The summed E-state index contributed by atoms with van der Waals surface area (Å²) in [4.78, 5) is 25.9. The highest BCUT2D eigenvalue weighted by atomic mass is 32.2. The van der Waals surface area contributed by atoms with Crippen LogP contribution in [0.2, 0.25) is 0 Å². The summed E-state index contributed by atoms with van der Waals surface area (Å²) < 4.78 is 170. The lowest BCUT2D eigenvalue weighted by Gasteiger charge is -2.32. The fraction of sp³-hybridized carbons (Fsp3) is 0.389. The van der Waals surface area contributed by atoms with Crippen molar-refractivity contribution in [1.29, 1.82) is 5.26 Å². The maximum Gasteiger partial charge on any atom is 0.523 e. The molecule has 220 valence electrons. The number of hydrogen-bond acceptors (Lipinski definition) is 9. The number of nitriles is 1. The SMILES string of the molecule is C#CCN1C(=O)N(c2ccc(C#N)c(C(F)(F)F)c2)C(=O)C1(COS(=O)(=O)C(F)(F)F)COS(=O)(=O)C(F)(F)F. The van der Waals surface area contributed by atoms with E-state index < -0.39 is 91.5 Å². The quantitative estimate of drug-likeness (QED) is 0.139. The van der Waals surface area contributed by atoms with Gasteiger partial charge >= 0.3 is 43.5 Å². The van der Waals surface area contributed by atoms with Gasteiger partial charge in [0.05, 0.1) is 29.4 Å². The molecule has 0 aromatic heterocycles. The van der Waals surface area contributed by atoms with Crippen LogP contribution in [0.25, 0.3) is 0 Å². The van der Waals surface area contributed by atoms with Crippen molar-refractivity contribution in [3.8, 4) is 18.4 Å². The summed E-state index contributed by atoms with van der Waals surface area (Å²) in [5, 5.41) is 8.90. The highest BCUT2D eigenvalue weighted by molar-refractivity contribution is 7.87. The van der Waals surface area contributed by atoms with Gasteiger partial charge in [-0.05, 0) is 18.2 Å². The molecule has 1 heterocycles. The van der Waals surface area contributed by atoms with Gasteiger partial charge in [0, 0.05) is 0 Å². The molecule has 0 bridgehead atoms. The van der Waals surface area contributed by atoms with Crippen molar-refractivity contribution in [3.05, 3.63) is 29.3 Å². The number of carbonyl (C=O) groups excluding carboxylic acids is 2. The van der Waals surface area contributed by atoms with E-state index in [1.165, 1.54) is 0 Å². The number of amides is 3. The maximum absolute atomic E-state index is 13.4. The predicted molar refractivity (Wildman–Crippen MR) is 109 cm³/mol. The molecule has 0 atom stereocenters. The smallest absolute Gasteiger partial charge is 0.293 e. The second kappa shape index (κ2) is 10.4. The van der Waals surface area contributed by atoms with Crippen molar-refractivity contribution < 1.29 is 74.3 Å². The Kier molecular flexibility index (Phi) is 8.50. The molecule has 11 nitrogen and oxygen atoms in total. The summed E-state index contributed by atoms with van der Waals surface area (Å²) in [6, 6.07) is 0.305. The number of urea groups is 1. The first kappa shape index (κ1) is 32.6. The third-order valence-corrected chi connectivity index (χ3v) is 6.94. The van der Waals surface area contributed by atoms with E-state index in [1.807, 2.05) is 0 Å². The van der Waals surface area contributed by atoms with Crippen molar-refractivity contribution in [2.75, 3.05) is 24.7 Å². The lowest BCUT2D eigenvalue weighted by molar-refractivity contribution is -0.137. The minimum atomic E-state index is -6.67. The van der Waals surface area contributed by atoms with Gasteiger partial charge in [0.25, 0.3) is 5.91 Å². The van der Waals surface area contributed by atoms with Gasteiger partial charge in [0.2, 0.25) is 0 Å². The zero-order valence-electron chi connectivity index (χ0n) is 18.8. The van der Waals surface area contributed by atoms with Gasteiger partial charge in [-0.2, -0.15) is 61.6 Å². The molecule has 40 heavy (non-hydrogen) atoms. The molecular formula is C18H10F9N3O8S2. The molecule has 2 rings (SSSR count). The van der Waals surface area contributed by atoms with Crippen LogP contribution in [0.5, 0.6) is 0 Å². The molecule has 0 radical (unpaired) electrons. The molecular weight excluding hydrogens is 621 g/mol. The van der Waals surface area contributed by atoms with E-state index in [0.29, 0.717) is 12.1 Å². The van der Waals surface area contributed by atoms with Crippen molar-refractivity contribution in [2.45, 2.75) is 22.7 Å². The minimum absolute atomic E-state index is 0.0269. The molecule has 0 aliphatic carbocycles. The molecule has 0 saturated carbocycles. The number of carbonyl (C=O) groups is 2. The fourth-order valence-corrected chi connectivity index (χ4v) is 4.03. The van der Waals surface area contributed by atoms with Crippen LogP contribution in [-0.2, 0) is 39.6 Å². The largest absolute Gasteiger partial charge is 0.523 e. The molecule has 1 saturated heterocycles. The number of nitrogens with zero attached hydrogens (tertiary/aromatic N) is 3. The Hall–Kier alpha value is -3.60. The van der Waals surface area contributed by atoms with E-state index in [-0.39, 0.29) is 15.9 Å². The Balaban J connectivity index is 2.78. The van der Waals surface area contributed by atoms with Crippen LogP contribution < -0.4 is 4.90 Å². The van der Waals surface area contributed by atoms with Crippen LogP contribution >= 0.6 is 0 Å². The average molecular weight is 631 g/mol. The van der Waals surface area contributed by atoms with Crippen LogP contribution in [0.4, 0.5) is 50.0 Å². The first-order valence-electron chi connectivity index (χ1n) is 9.59. The summed E-state index contributed by atoms with van der Waals surface area (Å²) in [5.41, 5.74) is -19.8. The highest BCUT2D eigenvalue weighted by Gasteiger charge is 2.62. The number of terminal acetylenes is 1. The number of imide groups is 1.